The maximum atomic E-state index is 13.2. The van der Waals surface area contributed by atoms with E-state index in [1.165, 1.54) is 11.0 Å². The van der Waals surface area contributed by atoms with Crippen LogP contribution in [0.3, 0.4) is 0 Å². The highest BCUT2D eigenvalue weighted by molar-refractivity contribution is 6.22. The Hall–Kier alpha value is -4.32. The lowest BCUT2D eigenvalue weighted by atomic mass is 9.85. The monoisotopic (exact) mass is 465 g/mol. The quantitative estimate of drug-likeness (QED) is 0.223. The first-order chi connectivity index (χ1) is 17.0. The van der Waals surface area contributed by atoms with Gasteiger partial charge in [0.25, 0.3) is 0 Å². The van der Waals surface area contributed by atoms with Crippen LogP contribution in [0.15, 0.2) is 97.1 Å². The topological polar surface area (TPSA) is 80.8 Å². The summed E-state index contributed by atoms with van der Waals surface area (Å²) in [4.78, 5) is 53.5. The van der Waals surface area contributed by atoms with E-state index in [0.717, 1.165) is 0 Å². The number of anilines is 1. The van der Waals surface area contributed by atoms with Crippen LogP contribution in [0.4, 0.5) is 5.69 Å². The Kier molecular flexibility index (Phi) is 6.10. The summed E-state index contributed by atoms with van der Waals surface area (Å²) in [5.41, 5.74) is 1.45. The molecule has 0 saturated carbocycles. The predicted octanol–water partition coefficient (Wildman–Crippen LogP) is 4.92. The van der Waals surface area contributed by atoms with Crippen LogP contribution < -0.4 is 4.90 Å². The summed E-state index contributed by atoms with van der Waals surface area (Å²) < 4.78 is 5.72. The summed E-state index contributed by atoms with van der Waals surface area (Å²) in [6.45, 7) is 0. The Morgan fingerprint density at radius 3 is 1.94 bits per heavy atom. The molecule has 1 aliphatic heterocycles. The zero-order valence-corrected chi connectivity index (χ0v) is 18.9. The third-order valence-corrected chi connectivity index (χ3v) is 6.47. The van der Waals surface area contributed by atoms with Gasteiger partial charge in [-0.15, -0.1) is 0 Å². The van der Waals surface area contributed by atoms with Crippen LogP contribution in [0.5, 0.6) is 0 Å². The van der Waals surface area contributed by atoms with Crippen molar-refractivity contribution < 1.29 is 23.9 Å². The lowest BCUT2D eigenvalue weighted by Crippen LogP contribution is -2.31. The third-order valence-electron chi connectivity index (χ3n) is 6.47. The van der Waals surface area contributed by atoms with E-state index in [0.29, 0.717) is 29.7 Å². The molecule has 2 aliphatic rings. The molecular formula is C29H23NO5. The molecule has 6 nitrogen and oxygen atoms in total. The summed E-state index contributed by atoms with van der Waals surface area (Å²) in [6, 6.07) is 23.7. The van der Waals surface area contributed by atoms with E-state index in [1.807, 2.05) is 18.2 Å². The van der Waals surface area contributed by atoms with Crippen molar-refractivity contribution in [3.05, 3.63) is 114 Å². The van der Waals surface area contributed by atoms with Crippen molar-refractivity contribution in [2.24, 2.45) is 11.8 Å². The molecule has 0 radical (unpaired) electrons. The fraction of sp³-hybridized carbons (Fsp3) is 0.172. The van der Waals surface area contributed by atoms with Gasteiger partial charge in [0.2, 0.25) is 17.6 Å². The molecule has 1 heterocycles. The lowest BCUT2D eigenvalue weighted by Gasteiger charge is -2.19. The standard InChI is InChI=1S/C29H23NO5/c31-25(19-10-3-1-4-11-19)26(20-12-5-2-6-13-20)35-29(34)21-14-9-15-22(18-21)30-27(32)23-16-7-8-17-24(23)28(30)33/h1-15,18,23-24,26H,16-17H2/t23-,24+,26-/m0/s1. The summed E-state index contributed by atoms with van der Waals surface area (Å²) in [5, 5.41) is 0. The molecule has 174 valence electrons. The minimum atomic E-state index is -1.14. The van der Waals surface area contributed by atoms with Crippen molar-refractivity contribution in [3.63, 3.8) is 0 Å². The van der Waals surface area contributed by atoms with Crippen molar-refractivity contribution in [1.82, 2.24) is 0 Å². The van der Waals surface area contributed by atoms with Gasteiger partial charge in [-0.05, 0) is 31.0 Å². The minimum absolute atomic E-state index is 0.151. The van der Waals surface area contributed by atoms with E-state index < -0.39 is 12.1 Å². The molecule has 1 saturated heterocycles. The molecule has 35 heavy (non-hydrogen) atoms. The lowest BCUT2D eigenvalue weighted by molar-refractivity contribution is -0.122. The number of Topliss-reactive ketones (excluding diaryl/α,β-unsaturated/α-hetero) is 1. The number of nitrogens with zero attached hydrogens (tertiary/aromatic N) is 1. The van der Waals surface area contributed by atoms with Gasteiger partial charge in [-0.2, -0.15) is 0 Å². The van der Waals surface area contributed by atoms with Crippen molar-refractivity contribution in [2.75, 3.05) is 4.90 Å². The average Bonchev–Trinajstić information content (AvgIpc) is 3.17. The van der Waals surface area contributed by atoms with E-state index in [2.05, 4.69) is 0 Å². The summed E-state index contributed by atoms with van der Waals surface area (Å²) >= 11 is 0. The second-order valence-corrected chi connectivity index (χ2v) is 8.64. The summed E-state index contributed by atoms with van der Waals surface area (Å²) in [5.74, 6) is -2.30. The molecule has 3 aromatic rings. The number of esters is 1. The van der Waals surface area contributed by atoms with Crippen molar-refractivity contribution in [1.29, 1.82) is 0 Å². The van der Waals surface area contributed by atoms with E-state index in [4.69, 9.17) is 4.74 Å². The molecule has 3 aromatic carbocycles. The minimum Gasteiger partial charge on any atom is -0.445 e. The zero-order valence-electron chi connectivity index (χ0n) is 18.9. The molecule has 0 N–H and O–H groups in total. The smallest absolute Gasteiger partial charge is 0.339 e. The van der Waals surface area contributed by atoms with E-state index in [-0.39, 0.29) is 35.0 Å². The average molecular weight is 466 g/mol. The first-order valence-corrected chi connectivity index (χ1v) is 11.5. The first kappa shape index (κ1) is 22.5. The molecule has 0 aromatic heterocycles. The number of rotatable bonds is 6. The van der Waals surface area contributed by atoms with Gasteiger partial charge in [0.15, 0.2) is 6.10 Å². The second-order valence-electron chi connectivity index (χ2n) is 8.64. The van der Waals surface area contributed by atoms with E-state index in [1.54, 1.807) is 72.8 Å². The maximum Gasteiger partial charge on any atom is 0.339 e. The molecule has 0 bridgehead atoms. The van der Waals surface area contributed by atoms with Gasteiger partial charge in [-0.3, -0.25) is 19.3 Å². The van der Waals surface area contributed by atoms with Gasteiger partial charge in [0.1, 0.15) is 0 Å². The number of ether oxygens (including phenoxy) is 1. The molecular weight excluding hydrogens is 442 g/mol. The Balaban J connectivity index is 1.42. The van der Waals surface area contributed by atoms with Crippen molar-refractivity contribution in [3.8, 4) is 0 Å². The third kappa shape index (κ3) is 4.30. The number of ketones is 1. The molecule has 5 rings (SSSR count). The fourth-order valence-electron chi connectivity index (χ4n) is 4.66. The fourth-order valence-corrected chi connectivity index (χ4v) is 4.66. The van der Waals surface area contributed by atoms with Gasteiger partial charge in [0, 0.05) is 11.1 Å². The van der Waals surface area contributed by atoms with E-state index in [9.17, 15) is 19.2 Å². The van der Waals surface area contributed by atoms with Crippen molar-refractivity contribution in [2.45, 2.75) is 18.9 Å². The van der Waals surface area contributed by atoms with Crippen LogP contribution in [-0.2, 0) is 14.3 Å². The molecule has 0 unspecified atom stereocenters. The number of allylic oxidation sites excluding steroid dienone is 2. The van der Waals surface area contributed by atoms with Crippen LogP contribution in [0.2, 0.25) is 0 Å². The maximum absolute atomic E-state index is 13.2. The summed E-state index contributed by atoms with van der Waals surface area (Å²) in [7, 11) is 0. The highest BCUT2D eigenvalue weighted by Gasteiger charge is 2.47. The predicted molar refractivity (Wildman–Crippen MR) is 130 cm³/mol. The van der Waals surface area contributed by atoms with Gasteiger partial charge < -0.3 is 4.74 Å². The normalized spacial score (nSPS) is 19.8. The second kappa shape index (κ2) is 9.50. The van der Waals surface area contributed by atoms with Gasteiger partial charge in [0.05, 0.1) is 23.1 Å². The van der Waals surface area contributed by atoms with E-state index >= 15 is 0 Å². The van der Waals surface area contributed by atoms with Gasteiger partial charge in [-0.1, -0.05) is 78.9 Å². The number of carbonyl (C=O) groups excluding carboxylic acids is 4. The number of benzene rings is 3. The Morgan fingerprint density at radius 2 is 1.31 bits per heavy atom. The number of hydrogen-bond donors (Lipinski definition) is 0. The van der Waals surface area contributed by atoms with Crippen LogP contribution in [-0.4, -0.2) is 23.6 Å². The molecule has 1 aliphatic carbocycles. The number of fused-ring (bicyclic) bond motifs is 1. The highest BCUT2D eigenvalue weighted by atomic mass is 16.5. The van der Waals surface area contributed by atoms with Crippen LogP contribution in [0.25, 0.3) is 0 Å². The van der Waals surface area contributed by atoms with Gasteiger partial charge in [-0.25, -0.2) is 4.79 Å². The number of carbonyl (C=O) groups is 4. The van der Waals surface area contributed by atoms with Crippen LogP contribution >= 0.6 is 0 Å². The van der Waals surface area contributed by atoms with Crippen LogP contribution in [0, 0.1) is 11.8 Å². The molecule has 2 amide bonds. The highest BCUT2D eigenvalue weighted by Crippen LogP contribution is 2.38. The van der Waals surface area contributed by atoms with Crippen molar-refractivity contribution >= 4 is 29.3 Å². The summed E-state index contributed by atoms with van der Waals surface area (Å²) in [6.07, 6.45) is 3.79. The Labute approximate surface area is 202 Å². The Bertz CT molecular complexity index is 1290. The largest absolute Gasteiger partial charge is 0.445 e. The SMILES string of the molecule is O=C(O[C@H](C(=O)c1ccccc1)c1ccccc1)c1cccc(N2C(=O)[C@H]3CC=CC[C@H]3C2=O)c1. The zero-order chi connectivity index (χ0) is 24.4. The molecule has 0 spiro atoms. The first-order valence-electron chi connectivity index (χ1n) is 11.5. The number of imide groups is 1. The van der Waals surface area contributed by atoms with Gasteiger partial charge >= 0.3 is 5.97 Å². The molecule has 6 heteroatoms. The Morgan fingerprint density at radius 1 is 0.743 bits per heavy atom. The number of amides is 2. The molecule has 1 fully saturated rings. The number of hydrogen-bond acceptors (Lipinski definition) is 5. The van der Waals surface area contributed by atoms with Crippen LogP contribution in [0.1, 0.15) is 45.2 Å². The molecule has 3 atom stereocenters.